The molecule has 0 unspecified atom stereocenters. The summed E-state index contributed by atoms with van der Waals surface area (Å²) in [6, 6.07) is 49.2. The number of imidazole rings is 1. The van der Waals surface area contributed by atoms with Gasteiger partial charge in [0.2, 0.25) is 0 Å². The van der Waals surface area contributed by atoms with Crippen molar-refractivity contribution in [3.63, 3.8) is 0 Å². The number of nitrogens with zero attached hydrogens (tertiary/aromatic N) is 4. The van der Waals surface area contributed by atoms with Crippen LogP contribution in [0.1, 0.15) is 12.7 Å². The Bertz CT molecular complexity index is 2510. The van der Waals surface area contributed by atoms with Gasteiger partial charge in [-0.05, 0) is 52.9 Å². The van der Waals surface area contributed by atoms with E-state index in [2.05, 4.69) is 145 Å². The van der Waals surface area contributed by atoms with Crippen molar-refractivity contribution in [3.05, 3.63) is 145 Å². The highest BCUT2D eigenvalue weighted by Gasteiger charge is 2.19. The van der Waals surface area contributed by atoms with Crippen LogP contribution in [-0.4, -0.2) is 19.5 Å². The topological polar surface area (TPSA) is 43.6 Å². The maximum atomic E-state index is 5.27. The van der Waals surface area contributed by atoms with Crippen LogP contribution >= 0.6 is 11.3 Å². The molecule has 0 radical (unpaired) electrons. The van der Waals surface area contributed by atoms with Crippen LogP contribution in [0.5, 0.6) is 0 Å². The molecule has 0 atom stereocenters. The van der Waals surface area contributed by atoms with Crippen LogP contribution in [0.15, 0.2) is 140 Å². The normalized spacial score (nSPS) is 11.7. The summed E-state index contributed by atoms with van der Waals surface area (Å²) in [4.78, 5) is 15.4. The molecule has 5 heteroatoms. The van der Waals surface area contributed by atoms with Crippen LogP contribution in [0.2, 0.25) is 0 Å². The second kappa shape index (κ2) is 10.8. The number of para-hydroxylation sites is 3. The van der Waals surface area contributed by atoms with Crippen molar-refractivity contribution in [2.75, 3.05) is 0 Å². The van der Waals surface area contributed by atoms with Gasteiger partial charge in [-0.1, -0.05) is 110 Å². The third-order valence-corrected chi connectivity index (χ3v) is 9.89. The van der Waals surface area contributed by atoms with Gasteiger partial charge >= 0.3 is 0 Å². The van der Waals surface area contributed by atoms with Crippen molar-refractivity contribution in [3.8, 4) is 38.6 Å². The van der Waals surface area contributed by atoms with E-state index in [9.17, 15) is 0 Å². The lowest BCUT2D eigenvalue weighted by molar-refractivity contribution is 0.908. The first kappa shape index (κ1) is 26.7. The molecule has 0 aliphatic carbocycles. The highest BCUT2D eigenvalue weighted by Crippen LogP contribution is 2.39. The van der Waals surface area contributed by atoms with Crippen LogP contribution < -0.4 is 0 Å². The van der Waals surface area contributed by atoms with E-state index in [1.807, 2.05) is 6.07 Å². The standard InChI is InChI=1S/C41H28N4S/c1-2-37-44-40-35(45(37)30-10-4-3-5-11-30)25-24-32-31-12-6-7-13-33(31)42-39(38(32)40)28-20-16-26(17-21-28)27-18-22-29(23-19-27)41-43-34-14-8-9-15-36(34)46-41/h3-25H,2H2,1H3. The summed E-state index contributed by atoms with van der Waals surface area (Å²) in [5.74, 6) is 1.04. The number of aryl methyl sites for hydroxylation is 1. The van der Waals surface area contributed by atoms with Gasteiger partial charge < -0.3 is 0 Å². The third kappa shape index (κ3) is 4.31. The smallest absolute Gasteiger partial charge is 0.124 e. The fourth-order valence-corrected chi connectivity index (χ4v) is 7.54. The van der Waals surface area contributed by atoms with Crippen molar-refractivity contribution >= 4 is 54.3 Å². The average Bonchev–Trinajstić information content (AvgIpc) is 3.74. The monoisotopic (exact) mass is 608 g/mol. The highest BCUT2D eigenvalue weighted by atomic mass is 32.1. The molecule has 9 rings (SSSR count). The minimum atomic E-state index is 0.827. The van der Waals surface area contributed by atoms with E-state index in [1.54, 1.807) is 11.3 Å². The lowest BCUT2D eigenvalue weighted by Gasteiger charge is -2.12. The van der Waals surface area contributed by atoms with E-state index in [4.69, 9.17) is 15.0 Å². The minimum absolute atomic E-state index is 0.827. The second-order valence-corrected chi connectivity index (χ2v) is 12.6. The van der Waals surface area contributed by atoms with Gasteiger partial charge in [0, 0.05) is 34.0 Å². The molecule has 0 spiro atoms. The SMILES string of the molecule is CCc1nc2c3c(-c4ccc(-c5ccc(-c6nc7ccccc7s6)cc5)cc4)nc4ccccc4c3ccc2n1-c1ccccc1. The molecule has 0 aliphatic heterocycles. The molecule has 3 aromatic heterocycles. The van der Waals surface area contributed by atoms with Gasteiger partial charge in [0.15, 0.2) is 0 Å². The summed E-state index contributed by atoms with van der Waals surface area (Å²) < 4.78 is 3.50. The van der Waals surface area contributed by atoms with E-state index in [0.717, 1.165) is 78.2 Å². The molecule has 0 bridgehead atoms. The number of fused-ring (bicyclic) bond motifs is 6. The molecule has 46 heavy (non-hydrogen) atoms. The van der Waals surface area contributed by atoms with E-state index in [-0.39, 0.29) is 0 Å². The summed E-state index contributed by atoms with van der Waals surface area (Å²) in [6.07, 6.45) is 0.827. The fourth-order valence-electron chi connectivity index (χ4n) is 6.56. The first-order chi connectivity index (χ1) is 22.7. The van der Waals surface area contributed by atoms with Gasteiger partial charge in [-0.3, -0.25) is 4.57 Å². The molecule has 0 saturated heterocycles. The molecular formula is C41H28N4S. The van der Waals surface area contributed by atoms with Crippen molar-refractivity contribution < 1.29 is 0 Å². The molecule has 4 nitrogen and oxygen atoms in total. The largest absolute Gasteiger partial charge is 0.296 e. The first-order valence-electron chi connectivity index (χ1n) is 15.6. The maximum absolute atomic E-state index is 5.27. The Balaban J connectivity index is 1.17. The minimum Gasteiger partial charge on any atom is -0.296 e. The summed E-state index contributed by atoms with van der Waals surface area (Å²) in [6.45, 7) is 2.17. The predicted octanol–water partition coefficient (Wildman–Crippen LogP) is 10.9. The number of pyridine rings is 1. The second-order valence-electron chi connectivity index (χ2n) is 11.5. The average molecular weight is 609 g/mol. The van der Waals surface area contributed by atoms with Crippen LogP contribution in [0.25, 0.3) is 81.6 Å². The van der Waals surface area contributed by atoms with Crippen molar-refractivity contribution in [1.29, 1.82) is 0 Å². The van der Waals surface area contributed by atoms with Gasteiger partial charge in [-0.2, -0.15) is 0 Å². The molecule has 3 heterocycles. The van der Waals surface area contributed by atoms with Gasteiger partial charge in [0.05, 0.1) is 32.5 Å². The Morgan fingerprint density at radius 1 is 0.543 bits per heavy atom. The molecular weight excluding hydrogens is 581 g/mol. The van der Waals surface area contributed by atoms with Crippen LogP contribution in [0.3, 0.4) is 0 Å². The Hall–Kier alpha value is -5.65. The van der Waals surface area contributed by atoms with E-state index >= 15 is 0 Å². The zero-order chi connectivity index (χ0) is 30.6. The summed E-state index contributed by atoms with van der Waals surface area (Å²) in [7, 11) is 0. The number of hydrogen-bond donors (Lipinski definition) is 0. The van der Waals surface area contributed by atoms with Gasteiger partial charge in [-0.25, -0.2) is 15.0 Å². The molecule has 0 N–H and O–H groups in total. The Morgan fingerprint density at radius 3 is 1.93 bits per heavy atom. The molecule has 0 amide bonds. The van der Waals surface area contributed by atoms with Crippen molar-refractivity contribution in [2.45, 2.75) is 13.3 Å². The van der Waals surface area contributed by atoms with E-state index in [1.165, 1.54) is 15.6 Å². The molecule has 9 aromatic rings. The number of hydrogen-bond acceptors (Lipinski definition) is 4. The zero-order valence-corrected chi connectivity index (χ0v) is 26.0. The van der Waals surface area contributed by atoms with Crippen LogP contribution in [0.4, 0.5) is 0 Å². The van der Waals surface area contributed by atoms with E-state index in [0.29, 0.717) is 0 Å². The quantitative estimate of drug-likeness (QED) is 0.183. The Labute approximate surface area is 270 Å². The first-order valence-corrected chi connectivity index (χ1v) is 16.4. The third-order valence-electron chi connectivity index (χ3n) is 8.81. The van der Waals surface area contributed by atoms with Crippen molar-refractivity contribution in [1.82, 2.24) is 19.5 Å². The summed E-state index contributed by atoms with van der Waals surface area (Å²) in [5.41, 5.74) is 10.7. The summed E-state index contributed by atoms with van der Waals surface area (Å²) in [5, 5.41) is 4.45. The van der Waals surface area contributed by atoms with Gasteiger partial charge in [0.25, 0.3) is 0 Å². The van der Waals surface area contributed by atoms with Crippen LogP contribution in [-0.2, 0) is 6.42 Å². The van der Waals surface area contributed by atoms with Gasteiger partial charge in [-0.15, -0.1) is 11.3 Å². The van der Waals surface area contributed by atoms with Crippen LogP contribution in [0, 0.1) is 0 Å². The van der Waals surface area contributed by atoms with Crippen molar-refractivity contribution in [2.24, 2.45) is 0 Å². The molecule has 218 valence electrons. The van der Waals surface area contributed by atoms with Gasteiger partial charge in [0.1, 0.15) is 10.8 Å². The zero-order valence-electron chi connectivity index (χ0n) is 25.2. The summed E-state index contributed by atoms with van der Waals surface area (Å²) >= 11 is 1.73. The van der Waals surface area contributed by atoms with E-state index < -0.39 is 0 Å². The fraction of sp³-hybridized carbons (Fsp3) is 0.0488. The lowest BCUT2D eigenvalue weighted by atomic mass is 9.97. The molecule has 0 fully saturated rings. The Kier molecular flexibility index (Phi) is 6.25. The highest BCUT2D eigenvalue weighted by molar-refractivity contribution is 7.21. The predicted molar refractivity (Wildman–Crippen MR) is 193 cm³/mol. The lowest BCUT2D eigenvalue weighted by Crippen LogP contribution is -1.99. The molecule has 6 aromatic carbocycles. The maximum Gasteiger partial charge on any atom is 0.124 e. The molecule has 0 aliphatic rings. The molecule has 0 saturated carbocycles. The number of aromatic nitrogens is 4. The number of benzene rings is 6. The number of thiazole rings is 1. The Morgan fingerprint density at radius 2 is 1.20 bits per heavy atom. The number of rotatable bonds is 5.